The molecule has 0 unspecified atom stereocenters. The minimum absolute atomic E-state index is 0.105. The third-order valence-electron chi connectivity index (χ3n) is 6.30. The molecule has 3 aromatic rings. The van der Waals surface area contributed by atoms with Gasteiger partial charge in [0.05, 0.1) is 12.8 Å². The zero-order chi connectivity index (χ0) is 24.8. The van der Waals surface area contributed by atoms with E-state index in [9.17, 15) is 14.4 Å². The maximum absolute atomic E-state index is 13.7. The number of hydrogen-bond acceptors (Lipinski definition) is 5. The van der Waals surface area contributed by atoms with E-state index in [1.165, 1.54) is 35.0 Å². The number of thiophene rings is 1. The molecule has 0 saturated heterocycles. The van der Waals surface area contributed by atoms with Gasteiger partial charge in [-0.2, -0.15) is 0 Å². The maximum atomic E-state index is 13.7. The van der Waals surface area contributed by atoms with Gasteiger partial charge in [0.15, 0.2) is 5.76 Å². The molecular weight excluding hydrogens is 462 g/mol. The topological polar surface area (TPSA) is 91.7 Å². The van der Waals surface area contributed by atoms with Gasteiger partial charge in [-0.1, -0.05) is 43.0 Å². The molecule has 1 fully saturated rings. The van der Waals surface area contributed by atoms with E-state index >= 15 is 0 Å². The van der Waals surface area contributed by atoms with Crippen LogP contribution in [0, 0.1) is 13.8 Å². The van der Waals surface area contributed by atoms with E-state index in [4.69, 9.17) is 4.42 Å². The number of anilines is 1. The summed E-state index contributed by atoms with van der Waals surface area (Å²) in [5.74, 6) is -0.942. The van der Waals surface area contributed by atoms with E-state index in [0.29, 0.717) is 5.69 Å². The van der Waals surface area contributed by atoms with Gasteiger partial charge in [-0.25, -0.2) is 0 Å². The fourth-order valence-corrected chi connectivity index (χ4v) is 5.39. The summed E-state index contributed by atoms with van der Waals surface area (Å²) in [6.07, 6.45) is 6.66. The number of hydrogen-bond donors (Lipinski definition) is 2. The van der Waals surface area contributed by atoms with Crippen molar-refractivity contribution in [2.75, 3.05) is 11.4 Å². The Morgan fingerprint density at radius 2 is 1.89 bits per heavy atom. The molecular formula is C27H31N3O4S. The van der Waals surface area contributed by atoms with Gasteiger partial charge in [0.1, 0.15) is 6.04 Å². The van der Waals surface area contributed by atoms with Crippen LogP contribution in [0.1, 0.15) is 64.7 Å². The highest BCUT2D eigenvalue weighted by Crippen LogP contribution is 2.33. The first-order valence-corrected chi connectivity index (χ1v) is 12.9. The van der Waals surface area contributed by atoms with Gasteiger partial charge < -0.3 is 15.1 Å². The van der Waals surface area contributed by atoms with Gasteiger partial charge >= 0.3 is 0 Å². The smallest absolute Gasteiger partial charge is 0.287 e. The predicted molar refractivity (Wildman–Crippen MR) is 137 cm³/mol. The van der Waals surface area contributed by atoms with Crippen LogP contribution in [0.25, 0.3) is 0 Å². The van der Waals surface area contributed by atoms with Crippen molar-refractivity contribution in [1.29, 1.82) is 0 Å². The molecule has 8 heteroatoms. The Morgan fingerprint density at radius 3 is 2.54 bits per heavy atom. The molecule has 1 saturated carbocycles. The molecule has 3 amide bonds. The van der Waals surface area contributed by atoms with E-state index in [1.54, 1.807) is 6.07 Å². The second-order valence-electron chi connectivity index (χ2n) is 8.98. The highest BCUT2D eigenvalue weighted by Gasteiger charge is 2.35. The van der Waals surface area contributed by atoms with Gasteiger partial charge in [0.25, 0.3) is 5.91 Å². The van der Waals surface area contributed by atoms with E-state index in [0.717, 1.165) is 41.7 Å². The summed E-state index contributed by atoms with van der Waals surface area (Å²) in [5, 5.41) is 7.74. The third kappa shape index (κ3) is 6.00. The summed E-state index contributed by atoms with van der Waals surface area (Å²) in [6, 6.07) is 11.9. The van der Waals surface area contributed by atoms with Crippen molar-refractivity contribution in [2.24, 2.45) is 0 Å². The average molecular weight is 494 g/mol. The molecule has 7 nitrogen and oxygen atoms in total. The normalized spacial score (nSPS) is 14.8. The molecule has 4 rings (SSSR count). The van der Waals surface area contributed by atoms with Crippen molar-refractivity contribution in [3.05, 3.63) is 75.9 Å². The number of benzene rings is 1. The lowest BCUT2D eigenvalue weighted by molar-refractivity contribution is -0.126. The number of amides is 3. The minimum atomic E-state index is -0.841. The Balaban J connectivity index is 1.66. The Morgan fingerprint density at radius 1 is 1.09 bits per heavy atom. The van der Waals surface area contributed by atoms with Crippen LogP contribution < -0.4 is 15.5 Å². The first-order chi connectivity index (χ1) is 16.9. The van der Waals surface area contributed by atoms with E-state index in [-0.39, 0.29) is 30.2 Å². The number of carbonyl (C=O) groups excluding carboxylic acids is 3. The monoisotopic (exact) mass is 493 g/mol. The van der Waals surface area contributed by atoms with Gasteiger partial charge in [-0.15, -0.1) is 11.3 Å². The molecule has 35 heavy (non-hydrogen) atoms. The summed E-state index contributed by atoms with van der Waals surface area (Å²) < 4.78 is 5.13. The lowest BCUT2D eigenvalue weighted by Gasteiger charge is -2.33. The number of nitrogens with one attached hydrogen (secondary N) is 2. The Labute approximate surface area is 209 Å². The molecule has 0 spiro atoms. The van der Waals surface area contributed by atoms with Crippen molar-refractivity contribution in [1.82, 2.24) is 10.6 Å². The zero-order valence-corrected chi connectivity index (χ0v) is 20.9. The van der Waals surface area contributed by atoms with Crippen molar-refractivity contribution in [3.8, 4) is 0 Å². The third-order valence-corrected chi connectivity index (χ3v) is 7.22. The van der Waals surface area contributed by atoms with Crippen LogP contribution in [-0.4, -0.2) is 30.3 Å². The molecule has 1 atom stereocenters. The lowest BCUT2D eigenvalue weighted by atomic mass is 9.95. The number of carbonyl (C=O) groups is 3. The zero-order valence-electron chi connectivity index (χ0n) is 20.1. The molecule has 184 valence electrons. The first-order valence-electron chi connectivity index (χ1n) is 12.0. The maximum Gasteiger partial charge on any atom is 0.287 e. The number of rotatable bonds is 8. The van der Waals surface area contributed by atoms with Crippen LogP contribution in [-0.2, 0) is 9.59 Å². The van der Waals surface area contributed by atoms with Crippen LogP contribution in [0.2, 0.25) is 0 Å². The molecule has 1 aromatic carbocycles. The first kappa shape index (κ1) is 24.7. The average Bonchev–Trinajstić information content (AvgIpc) is 3.56. The van der Waals surface area contributed by atoms with Crippen molar-refractivity contribution in [2.45, 2.75) is 58.0 Å². The fourth-order valence-electron chi connectivity index (χ4n) is 4.58. The van der Waals surface area contributed by atoms with Crippen LogP contribution >= 0.6 is 11.3 Å². The Bertz CT molecular complexity index is 1150. The molecule has 2 N–H and O–H groups in total. The summed E-state index contributed by atoms with van der Waals surface area (Å²) in [4.78, 5) is 42.1. The van der Waals surface area contributed by atoms with Crippen LogP contribution in [0.3, 0.4) is 0 Å². The molecule has 2 aromatic heterocycles. The molecule has 1 aliphatic rings. The van der Waals surface area contributed by atoms with Crippen LogP contribution in [0.5, 0.6) is 0 Å². The van der Waals surface area contributed by atoms with E-state index < -0.39 is 11.9 Å². The summed E-state index contributed by atoms with van der Waals surface area (Å²) in [6.45, 7) is 3.64. The molecule has 0 aliphatic heterocycles. The van der Waals surface area contributed by atoms with Gasteiger partial charge in [-0.3, -0.25) is 19.3 Å². The standard InChI is InChI=1S/C27H31N3O4S/c1-18-12-13-21(19(2)16-18)30(24(31)17-28-26(32)22-10-6-14-34-22)25(23-11-7-15-35-23)27(33)29-20-8-4-3-5-9-20/h6-7,10-16,20,25H,3-5,8-9,17H2,1-2H3,(H,28,32)(H,29,33)/t25-/m1/s1. The highest BCUT2D eigenvalue weighted by molar-refractivity contribution is 7.10. The van der Waals surface area contributed by atoms with Gasteiger partial charge in [-0.05, 0) is 61.9 Å². The van der Waals surface area contributed by atoms with Crippen molar-refractivity contribution >= 4 is 34.7 Å². The second-order valence-corrected chi connectivity index (χ2v) is 9.95. The number of aryl methyl sites for hydroxylation is 2. The summed E-state index contributed by atoms with van der Waals surface area (Å²) in [5.41, 5.74) is 2.58. The van der Waals surface area contributed by atoms with E-state index in [1.807, 2.05) is 49.6 Å². The molecule has 0 radical (unpaired) electrons. The fraction of sp³-hybridized carbons (Fsp3) is 0.370. The lowest BCUT2D eigenvalue weighted by Crippen LogP contribution is -2.49. The SMILES string of the molecule is Cc1ccc(N(C(=O)CNC(=O)c2ccco2)[C@@H](C(=O)NC2CCCCC2)c2cccs2)c(C)c1. The molecule has 2 heterocycles. The van der Waals surface area contributed by atoms with Crippen LogP contribution in [0.15, 0.2) is 58.5 Å². The van der Waals surface area contributed by atoms with Crippen molar-refractivity contribution < 1.29 is 18.8 Å². The quantitative estimate of drug-likeness (QED) is 0.466. The van der Waals surface area contributed by atoms with Crippen LogP contribution in [0.4, 0.5) is 5.69 Å². The minimum Gasteiger partial charge on any atom is -0.459 e. The number of nitrogens with zero attached hydrogens (tertiary/aromatic N) is 1. The summed E-state index contributed by atoms with van der Waals surface area (Å²) in [7, 11) is 0. The van der Waals surface area contributed by atoms with Gasteiger partial charge in [0, 0.05) is 16.6 Å². The molecule has 0 bridgehead atoms. The molecule has 1 aliphatic carbocycles. The predicted octanol–water partition coefficient (Wildman–Crippen LogP) is 4.91. The van der Waals surface area contributed by atoms with Crippen molar-refractivity contribution in [3.63, 3.8) is 0 Å². The van der Waals surface area contributed by atoms with E-state index in [2.05, 4.69) is 10.6 Å². The Hall–Kier alpha value is -3.39. The Kier molecular flexibility index (Phi) is 8.02. The summed E-state index contributed by atoms with van der Waals surface area (Å²) >= 11 is 1.44. The van der Waals surface area contributed by atoms with Gasteiger partial charge in [0.2, 0.25) is 11.8 Å². The highest BCUT2D eigenvalue weighted by atomic mass is 32.1. The number of furan rings is 1. The second kappa shape index (κ2) is 11.4. The largest absolute Gasteiger partial charge is 0.459 e.